The first kappa shape index (κ1) is 19.2. The molecular formula is C23H23N5O3. The smallest absolute Gasteiger partial charge is 0.257 e. The fraction of sp³-hybridized carbons (Fsp3) is 0.261. The van der Waals surface area contributed by atoms with E-state index in [9.17, 15) is 4.79 Å². The molecule has 1 aromatic heterocycles. The van der Waals surface area contributed by atoms with E-state index in [4.69, 9.17) is 15.2 Å². The molecule has 31 heavy (non-hydrogen) atoms. The summed E-state index contributed by atoms with van der Waals surface area (Å²) in [6.45, 7) is 2.29. The number of anilines is 2. The predicted octanol–water partition coefficient (Wildman–Crippen LogP) is 3.30. The Labute approximate surface area is 180 Å². The van der Waals surface area contributed by atoms with Crippen molar-refractivity contribution in [2.45, 2.75) is 19.4 Å². The molecule has 3 aromatic rings. The van der Waals surface area contributed by atoms with Gasteiger partial charge in [-0.2, -0.15) is 0 Å². The summed E-state index contributed by atoms with van der Waals surface area (Å²) in [5.41, 5.74) is 9.44. The van der Waals surface area contributed by atoms with Crippen molar-refractivity contribution in [2.24, 2.45) is 0 Å². The van der Waals surface area contributed by atoms with Crippen LogP contribution < -0.4 is 20.5 Å². The quantitative estimate of drug-likeness (QED) is 0.614. The van der Waals surface area contributed by atoms with Gasteiger partial charge in [-0.25, -0.2) is 9.97 Å². The van der Waals surface area contributed by atoms with E-state index in [0.717, 1.165) is 48.6 Å². The standard InChI is InChI=1S/C23H23N5O3/c24-17-6-4-16(5-7-17)21-18(22(29)28-9-1-2-10-28)13-26-23(27-21)25-12-15-3-8-19-20(11-15)31-14-30-19/h3-8,11,13H,1-2,9-10,12,14,24H2,(H,25,26,27). The number of carbonyl (C=O) groups is 1. The molecule has 1 saturated heterocycles. The van der Waals surface area contributed by atoms with Crippen molar-refractivity contribution in [3.63, 3.8) is 0 Å². The van der Waals surface area contributed by atoms with E-state index in [-0.39, 0.29) is 12.7 Å². The molecule has 158 valence electrons. The molecule has 5 rings (SSSR count). The van der Waals surface area contributed by atoms with Gasteiger partial charge in [0.1, 0.15) is 0 Å². The number of ether oxygens (including phenoxy) is 2. The molecule has 0 radical (unpaired) electrons. The van der Waals surface area contributed by atoms with Gasteiger partial charge in [-0.3, -0.25) is 4.79 Å². The fourth-order valence-corrected chi connectivity index (χ4v) is 3.81. The van der Waals surface area contributed by atoms with Gasteiger partial charge in [0.2, 0.25) is 12.7 Å². The van der Waals surface area contributed by atoms with Crippen molar-refractivity contribution in [3.8, 4) is 22.8 Å². The molecule has 0 aliphatic carbocycles. The highest BCUT2D eigenvalue weighted by atomic mass is 16.7. The number of nitrogens with one attached hydrogen (secondary N) is 1. The van der Waals surface area contributed by atoms with Gasteiger partial charge in [0.25, 0.3) is 5.91 Å². The van der Waals surface area contributed by atoms with Gasteiger partial charge in [0, 0.05) is 37.1 Å². The van der Waals surface area contributed by atoms with Crippen LogP contribution in [0.25, 0.3) is 11.3 Å². The van der Waals surface area contributed by atoms with E-state index in [1.807, 2.05) is 35.2 Å². The van der Waals surface area contributed by atoms with E-state index in [2.05, 4.69) is 15.3 Å². The van der Waals surface area contributed by atoms with Crippen molar-refractivity contribution >= 4 is 17.5 Å². The fourth-order valence-electron chi connectivity index (χ4n) is 3.81. The highest BCUT2D eigenvalue weighted by molar-refractivity contribution is 6.00. The van der Waals surface area contributed by atoms with Gasteiger partial charge < -0.3 is 25.4 Å². The number of nitrogens with zero attached hydrogens (tertiary/aromatic N) is 3. The minimum absolute atomic E-state index is 0.0355. The minimum Gasteiger partial charge on any atom is -0.454 e. The zero-order valence-corrected chi connectivity index (χ0v) is 17.0. The Morgan fingerprint density at radius 1 is 1.06 bits per heavy atom. The van der Waals surface area contributed by atoms with Crippen molar-refractivity contribution in [2.75, 3.05) is 30.9 Å². The van der Waals surface area contributed by atoms with Gasteiger partial charge >= 0.3 is 0 Å². The second-order valence-electron chi connectivity index (χ2n) is 7.62. The van der Waals surface area contributed by atoms with E-state index < -0.39 is 0 Å². The van der Waals surface area contributed by atoms with Crippen molar-refractivity contribution < 1.29 is 14.3 Å². The van der Waals surface area contributed by atoms with Crippen LogP contribution in [-0.4, -0.2) is 40.7 Å². The SMILES string of the molecule is Nc1ccc(-c2nc(NCc3ccc4c(c3)OCO4)ncc2C(=O)N2CCCC2)cc1. The molecule has 1 fully saturated rings. The topological polar surface area (TPSA) is 103 Å². The summed E-state index contributed by atoms with van der Waals surface area (Å²) in [7, 11) is 0. The summed E-state index contributed by atoms with van der Waals surface area (Å²) < 4.78 is 10.8. The minimum atomic E-state index is -0.0355. The zero-order valence-electron chi connectivity index (χ0n) is 17.0. The van der Waals surface area contributed by atoms with Crippen LogP contribution >= 0.6 is 0 Å². The van der Waals surface area contributed by atoms with Gasteiger partial charge in [-0.1, -0.05) is 18.2 Å². The number of benzene rings is 2. The van der Waals surface area contributed by atoms with Crippen LogP contribution in [0.1, 0.15) is 28.8 Å². The molecule has 2 aromatic carbocycles. The number of aromatic nitrogens is 2. The monoisotopic (exact) mass is 417 g/mol. The summed E-state index contributed by atoms with van der Waals surface area (Å²) in [4.78, 5) is 24.0. The number of rotatable bonds is 5. The molecule has 0 atom stereocenters. The maximum Gasteiger partial charge on any atom is 0.257 e. The van der Waals surface area contributed by atoms with Gasteiger partial charge in [0.15, 0.2) is 11.5 Å². The summed E-state index contributed by atoms with van der Waals surface area (Å²) in [5, 5.41) is 3.24. The molecule has 0 spiro atoms. The second kappa shape index (κ2) is 8.14. The molecule has 2 aliphatic rings. The Morgan fingerprint density at radius 2 is 1.84 bits per heavy atom. The summed E-state index contributed by atoms with van der Waals surface area (Å²) >= 11 is 0. The summed E-state index contributed by atoms with van der Waals surface area (Å²) in [5.74, 6) is 1.89. The number of carbonyl (C=O) groups excluding carboxylic acids is 1. The Balaban J connectivity index is 1.42. The maximum atomic E-state index is 13.1. The number of nitrogens with two attached hydrogens (primary N) is 1. The number of likely N-dealkylation sites (tertiary alicyclic amines) is 1. The lowest BCUT2D eigenvalue weighted by Crippen LogP contribution is -2.28. The van der Waals surface area contributed by atoms with Crippen LogP contribution in [0.2, 0.25) is 0 Å². The molecule has 2 aliphatic heterocycles. The molecule has 1 amide bonds. The third-order valence-corrected chi connectivity index (χ3v) is 5.48. The molecule has 0 saturated carbocycles. The molecule has 8 nitrogen and oxygen atoms in total. The lowest BCUT2D eigenvalue weighted by Gasteiger charge is -2.18. The lowest BCUT2D eigenvalue weighted by atomic mass is 10.1. The van der Waals surface area contributed by atoms with Crippen LogP contribution in [0, 0.1) is 0 Å². The number of hydrogen-bond acceptors (Lipinski definition) is 7. The number of amides is 1. The normalized spacial score (nSPS) is 14.6. The first-order chi connectivity index (χ1) is 15.2. The van der Waals surface area contributed by atoms with E-state index >= 15 is 0 Å². The van der Waals surface area contributed by atoms with Crippen LogP contribution in [-0.2, 0) is 6.54 Å². The Bertz CT molecular complexity index is 1110. The molecular weight excluding hydrogens is 394 g/mol. The van der Waals surface area contributed by atoms with Crippen LogP contribution in [0.3, 0.4) is 0 Å². The third kappa shape index (κ3) is 3.96. The molecule has 3 N–H and O–H groups in total. The van der Waals surface area contributed by atoms with E-state index in [1.165, 1.54) is 0 Å². The van der Waals surface area contributed by atoms with E-state index in [0.29, 0.717) is 29.4 Å². The predicted molar refractivity (Wildman–Crippen MR) is 117 cm³/mol. The lowest BCUT2D eigenvalue weighted by molar-refractivity contribution is 0.0793. The maximum absolute atomic E-state index is 13.1. The number of hydrogen-bond donors (Lipinski definition) is 2. The average Bonchev–Trinajstić information content (AvgIpc) is 3.49. The van der Waals surface area contributed by atoms with Crippen molar-refractivity contribution in [1.29, 1.82) is 0 Å². The second-order valence-corrected chi connectivity index (χ2v) is 7.62. The van der Waals surface area contributed by atoms with Gasteiger partial charge in [0.05, 0.1) is 11.3 Å². The molecule has 0 bridgehead atoms. The first-order valence-corrected chi connectivity index (χ1v) is 10.3. The highest BCUT2D eigenvalue weighted by Crippen LogP contribution is 2.32. The Morgan fingerprint density at radius 3 is 2.65 bits per heavy atom. The Hall–Kier alpha value is -3.81. The van der Waals surface area contributed by atoms with Crippen LogP contribution in [0.4, 0.5) is 11.6 Å². The molecule has 3 heterocycles. The van der Waals surface area contributed by atoms with Crippen LogP contribution in [0.5, 0.6) is 11.5 Å². The van der Waals surface area contributed by atoms with Gasteiger partial charge in [-0.15, -0.1) is 0 Å². The Kier molecular flexibility index (Phi) is 5.03. The summed E-state index contributed by atoms with van der Waals surface area (Å²) in [6, 6.07) is 13.1. The molecule has 8 heteroatoms. The number of fused-ring (bicyclic) bond motifs is 1. The average molecular weight is 417 g/mol. The van der Waals surface area contributed by atoms with Crippen molar-refractivity contribution in [3.05, 3.63) is 59.8 Å². The van der Waals surface area contributed by atoms with Crippen LogP contribution in [0.15, 0.2) is 48.7 Å². The number of nitrogen functional groups attached to an aromatic ring is 1. The largest absolute Gasteiger partial charge is 0.454 e. The molecule has 0 unspecified atom stereocenters. The summed E-state index contributed by atoms with van der Waals surface area (Å²) in [6.07, 6.45) is 3.67. The van der Waals surface area contributed by atoms with E-state index in [1.54, 1.807) is 18.3 Å². The highest BCUT2D eigenvalue weighted by Gasteiger charge is 2.24. The first-order valence-electron chi connectivity index (χ1n) is 10.3. The third-order valence-electron chi connectivity index (χ3n) is 5.48. The van der Waals surface area contributed by atoms with Crippen molar-refractivity contribution in [1.82, 2.24) is 14.9 Å². The van der Waals surface area contributed by atoms with Gasteiger partial charge in [-0.05, 0) is 42.7 Å². The zero-order chi connectivity index (χ0) is 21.2.